The van der Waals surface area contributed by atoms with Crippen molar-refractivity contribution in [2.24, 2.45) is 0 Å². The Morgan fingerprint density at radius 3 is 2.81 bits per heavy atom. The molecular formula is C15H23ClN2O3. The summed E-state index contributed by atoms with van der Waals surface area (Å²) in [5.41, 5.74) is 1.01. The molecule has 0 fully saturated rings. The maximum atomic E-state index is 11.5. The van der Waals surface area contributed by atoms with Crippen molar-refractivity contribution in [2.45, 2.75) is 13.3 Å². The van der Waals surface area contributed by atoms with E-state index in [9.17, 15) is 4.79 Å². The Labute approximate surface area is 131 Å². The van der Waals surface area contributed by atoms with Crippen LogP contribution in [0.4, 0.5) is 0 Å². The van der Waals surface area contributed by atoms with Crippen LogP contribution in [0.5, 0.6) is 5.75 Å². The molecule has 0 aliphatic carbocycles. The maximum absolute atomic E-state index is 11.5. The second-order valence-corrected chi connectivity index (χ2v) is 5.07. The summed E-state index contributed by atoms with van der Waals surface area (Å²) in [5.74, 6) is 0.806. The number of methoxy groups -OCH3 is 1. The predicted octanol–water partition coefficient (Wildman–Crippen LogP) is 1.77. The number of hydrogen-bond acceptors (Lipinski definition) is 4. The number of rotatable bonds is 10. The molecule has 0 aromatic heterocycles. The zero-order valence-corrected chi connectivity index (χ0v) is 13.3. The zero-order chi connectivity index (χ0) is 15.5. The monoisotopic (exact) mass is 314 g/mol. The lowest BCUT2D eigenvalue weighted by molar-refractivity contribution is -0.120. The first-order valence-corrected chi connectivity index (χ1v) is 7.36. The van der Waals surface area contributed by atoms with Gasteiger partial charge in [-0.25, -0.2) is 0 Å². The number of carbonyl (C=O) groups is 1. The van der Waals surface area contributed by atoms with Gasteiger partial charge in [0.25, 0.3) is 0 Å². The van der Waals surface area contributed by atoms with E-state index in [2.05, 4.69) is 10.6 Å². The number of carbonyl (C=O) groups excluding carboxylic acids is 1. The first-order chi connectivity index (χ1) is 10.1. The summed E-state index contributed by atoms with van der Waals surface area (Å²) in [7, 11) is 1.63. The number of aryl methyl sites for hydroxylation is 1. The lowest BCUT2D eigenvalue weighted by Gasteiger charge is -2.10. The molecule has 0 atom stereocenters. The number of ether oxygens (including phenoxy) is 2. The number of benzene rings is 1. The minimum absolute atomic E-state index is 0.0197. The normalized spacial score (nSPS) is 10.4. The van der Waals surface area contributed by atoms with Crippen molar-refractivity contribution in [3.05, 3.63) is 28.8 Å². The van der Waals surface area contributed by atoms with Gasteiger partial charge in [-0.15, -0.1) is 0 Å². The molecule has 0 bridgehead atoms. The van der Waals surface area contributed by atoms with E-state index in [1.807, 2.05) is 19.1 Å². The third kappa shape index (κ3) is 7.90. The Hall–Kier alpha value is -1.30. The maximum Gasteiger partial charge on any atom is 0.233 e. The molecule has 1 aromatic rings. The lowest BCUT2D eigenvalue weighted by atomic mass is 10.2. The van der Waals surface area contributed by atoms with Crippen molar-refractivity contribution in [1.29, 1.82) is 0 Å². The van der Waals surface area contributed by atoms with E-state index in [-0.39, 0.29) is 5.91 Å². The molecule has 21 heavy (non-hydrogen) atoms. The molecule has 1 aromatic carbocycles. The number of amides is 1. The van der Waals surface area contributed by atoms with Gasteiger partial charge in [-0.2, -0.15) is 0 Å². The standard InChI is InChI=1S/C15H23ClN2O3/c1-12-10-13(16)4-5-14(12)21-8-3-6-18-15(19)11-17-7-9-20-2/h4-5,10,17H,3,6-9,11H2,1-2H3,(H,18,19). The van der Waals surface area contributed by atoms with E-state index in [0.717, 1.165) is 17.7 Å². The van der Waals surface area contributed by atoms with Crippen LogP contribution < -0.4 is 15.4 Å². The van der Waals surface area contributed by atoms with Gasteiger partial charge in [-0.3, -0.25) is 4.79 Å². The van der Waals surface area contributed by atoms with Gasteiger partial charge >= 0.3 is 0 Å². The average Bonchev–Trinajstić information content (AvgIpc) is 2.45. The summed E-state index contributed by atoms with van der Waals surface area (Å²) in [6.07, 6.45) is 0.756. The molecule has 0 heterocycles. The van der Waals surface area contributed by atoms with E-state index in [0.29, 0.717) is 37.9 Å². The first kappa shape index (κ1) is 17.8. The highest BCUT2D eigenvalue weighted by Crippen LogP contribution is 2.21. The molecule has 0 aliphatic heterocycles. The van der Waals surface area contributed by atoms with Crippen LogP contribution in [0.2, 0.25) is 5.02 Å². The highest BCUT2D eigenvalue weighted by atomic mass is 35.5. The van der Waals surface area contributed by atoms with Crippen molar-refractivity contribution in [3.63, 3.8) is 0 Å². The van der Waals surface area contributed by atoms with Crippen LogP contribution in [0.1, 0.15) is 12.0 Å². The smallest absolute Gasteiger partial charge is 0.233 e. The molecule has 1 rings (SSSR count). The van der Waals surface area contributed by atoms with Gasteiger partial charge in [0.1, 0.15) is 5.75 Å². The molecule has 1 amide bonds. The third-order valence-corrected chi connectivity index (χ3v) is 3.04. The van der Waals surface area contributed by atoms with Crippen molar-refractivity contribution in [1.82, 2.24) is 10.6 Å². The Morgan fingerprint density at radius 1 is 1.29 bits per heavy atom. The van der Waals surface area contributed by atoms with Gasteiger partial charge in [0, 0.05) is 25.2 Å². The van der Waals surface area contributed by atoms with E-state index in [4.69, 9.17) is 21.1 Å². The largest absolute Gasteiger partial charge is 0.493 e. The van der Waals surface area contributed by atoms with Crippen molar-refractivity contribution in [2.75, 3.05) is 40.0 Å². The van der Waals surface area contributed by atoms with Gasteiger partial charge in [-0.1, -0.05) is 11.6 Å². The van der Waals surface area contributed by atoms with Crippen LogP contribution in [0.25, 0.3) is 0 Å². The second kappa shape index (κ2) is 10.4. The van der Waals surface area contributed by atoms with E-state index in [1.54, 1.807) is 13.2 Å². The SMILES string of the molecule is COCCNCC(=O)NCCCOc1ccc(Cl)cc1C. The summed E-state index contributed by atoms with van der Waals surface area (Å²) in [4.78, 5) is 11.5. The van der Waals surface area contributed by atoms with E-state index >= 15 is 0 Å². The molecule has 0 saturated carbocycles. The third-order valence-electron chi connectivity index (χ3n) is 2.81. The van der Waals surface area contributed by atoms with E-state index in [1.165, 1.54) is 0 Å². The quantitative estimate of drug-likeness (QED) is 0.646. The topological polar surface area (TPSA) is 59.6 Å². The van der Waals surface area contributed by atoms with Crippen LogP contribution in [-0.4, -0.2) is 45.9 Å². The highest BCUT2D eigenvalue weighted by molar-refractivity contribution is 6.30. The van der Waals surface area contributed by atoms with Crippen molar-refractivity contribution < 1.29 is 14.3 Å². The zero-order valence-electron chi connectivity index (χ0n) is 12.6. The summed E-state index contributed by atoms with van der Waals surface area (Å²) in [6.45, 7) is 4.68. The fraction of sp³-hybridized carbons (Fsp3) is 0.533. The van der Waals surface area contributed by atoms with Crippen molar-refractivity contribution >= 4 is 17.5 Å². The molecule has 0 saturated heterocycles. The van der Waals surface area contributed by atoms with Crippen LogP contribution in [-0.2, 0) is 9.53 Å². The van der Waals surface area contributed by atoms with E-state index < -0.39 is 0 Å². The van der Waals surface area contributed by atoms with Gasteiger partial charge in [-0.05, 0) is 37.1 Å². The summed E-state index contributed by atoms with van der Waals surface area (Å²) in [6, 6.07) is 5.53. The molecule has 0 radical (unpaired) electrons. The number of nitrogens with one attached hydrogen (secondary N) is 2. The number of hydrogen-bond donors (Lipinski definition) is 2. The van der Waals surface area contributed by atoms with Gasteiger partial charge in [0.2, 0.25) is 5.91 Å². The lowest BCUT2D eigenvalue weighted by Crippen LogP contribution is -2.36. The number of halogens is 1. The highest BCUT2D eigenvalue weighted by Gasteiger charge is 2.01. The summed E-state index contributed by atoms with van der Waals surface area (Å²) < 4.78 is 10.5. The summed E-state index contributed by atoms with van der Waals surface area (Å²) >= 11 is 5.88. The van der Waals surface area contributed by atoms with Gasteiger partial charge in [0.15, 0.2) is 0 Å². The van der Waals surface area contributed by atoms with Crippen LogP contribution in [0.15, 0.2) is 18.2 Å². The minimum atomic E-state index is -0.0197. The molecule has 6 heteroatoms. The Bertz CT molecular complexity index is 441. The van der Waals surface area contributed by atoms with Crippen LogP contribution >= 0.6 is 11.6 Å². The molecular weight excluding hydrogens is 292 g/mol. The molecule has 0 aliphatic rings. The molecule has 118 valence electrons. The Balaban J connectivity index is 2.07. The summed E-state index contributed by atoms with van der Waals surface area (Å²) in [5, 5.41) is 6.51. The van der Waals surface area contributed by atoms with Crippen LogP contribution in [0.3, 0.4) is 0 Å². The van der Waals surface area contributed by atoms with Crippen LogP contribution in [0, 0.1) is 6.92 Å². The first-order valence-electron chi connectivity index (χ1n) is 6.99. The molecule has 0 unspecified atom stereocenters. The second-order valence-electron chi connectivity index (χ2n) is 4.63. The fourth-order valence-electron chi connectivity index (χ4n) is 1.70. The van der Waals surface area contributed by atoms with Gasteiger partial charge < -0.3 is 20.1 Å². The Morgan fingerprint density at radius 2 is 2.10 bits per heavy atom. The van der Waals surface area contributed by atoms with Crippen molar-refractivity contribution in [3.8, 4) is 5.75 Å². The fourth-order valence-corrected chi connectivity index (χ4v) is 1.92. The average molecular weight is 315 g/mol. The van der Waals surface area contributed by atoms with Gasteiger partial charge in [0.05, 0.1) is 19.8 Å². The minimum Gasteiger partial charge on any atom is -0.493 e. The molecule has 2 N–H and O–H groups in total. The molecule has 0 spiro atoms. The Kier molecular flexibility index (Phi) is 8.82. The molecule has 5 nitrogen and oxygen atoms in total. The predicted molar refractivity (Wildman–Crippen MR) is 84.1 cm³/mol.